The number of sulfonamides is 1. The number of methoxy groups -OCH3 is 1. The Morgan fingerprint density at radius 2 is 2.04 bits per heavy atom. The second-order valence-electron chi connectivity index (χ2n) is 7.39. The lowest BCUT2D eigenvalue weighted by Gasteiger charge is -2.40. The summed E-state index contributed by atoms with van der Waals surface area (Å²) in [5.74, 6) is 0.730. The summed E-state index contributed by atoms with van der Waals surface area (Å²) in [6.07, 6.45) is 4.68. The van der Waals surface area contributed by atoms with Crippen molar-refractivity contribution in [2.24, 2.45) is 10.4 Å². The molecule has 0 aromatic carbocycles. The van der Waals surface area contributed by atoms with E-state index in [2.05, 4.69) is 15.4 Å². The lowest BCUT2D eigenvalue weighted by Crippen LogP contribution is -2.43. The molecule has 0 spiro atoms. The molecule has 7 nitrogen and oxygen atoms in total. The molecule has 2 rings (SSSR count). The van der Waals surface area contributed by atoms with Gasteiger partial charge in [0.2, 0.25) is 10.0 Å². The highest BCUT2D eigenvalue weighted by Gasteiger charge is 2.36. The van der Waals surface area contributed by atoms with Gasteiger partial charge in [-0.05, 0) is 51.5 Å². The van der Waals surface area contributed by atoms with Gasteiger partial charge in [-0.25, -0.2) is 13.1 Å². The second kappa shape index (κ2) is 10.6. The van der Waals surface area contributed by atoms with E-state index in [1.54, 1.807) is 13.2 Å². The molecular weight excluding hydrogens is 396 g/mol. The number of aliphatic imine (C=N–C) groups is 1. The van der Waals surface area contributed by atoms with Crippen molar-refractivity contribution in [2.45, 2.75) is 51.3 Å². The number of aryl methyl sites for hydroxylation is 2. The molecule has 9 heteroatoms. The average Bonchev–Trinajstić information content (AvgIpc) is 2.96. The Balaban J connectivity index is 1.85. The van der Waals surface area contributed by atoms with Crippen LogP contribution in [0.5, 0.6) is 0 Å². The lowest BCUT2D eigenvalue weighted by atomic mass is 9.67. The van der Waals surface area contributed by atoms with Crippen LogP contribution in [-0.4, -0.2) is 54.3 Å². The number of nitrogens with one attached hydrogen (secondary N) is 3. The minimum absolute atomic E-state index is 0.258. The third kappa shape index (κ3) is 6.43. The quantitative estimate of drug-likeness (QED) is 0.285. The molecule has 1 aromatic heterocycles. The first-order valence-electron chi connectivity index (χ1n) is 9.90. The van der Waals surface area contributed by atoms with Crippen molar-refractivity contribution < 1.29 is 13.2 Å². The van der Waals surface area contributed by atoms with Crippen LogP contribution in [-0.2, 0) is 14.8 Å². The Hall–Kier alpha value is -1.16. The fraction of sp³-hybridized carbons (Fsp3) is 0.737. The summed E-state index contributed by atoms with van der Waals surface area (Å²) in [4.78, 5) is 6.92. The summed E-state index contributed by atoms with van der Waals surface area (Å²) in [6, 6.07) is 1.72. The zero-order valence-corrected chi connectivity index (χ0v) is 19.1. The monoisotopic (exact) mass is 430 g/mol. The van der Waals surface area contributed by atoms with E-state index in [1.165, 1.54) is 30.6 Å². The van der Waals surface area contributed by atoms with Crippen molar-refractivity contribution in [2.75, 3.05) is 39.9 Å². The van der Waals surface area contributed by atoms with Crippen LogP contribution in [0.25, 0.3) is 0 Å². The van der Waals surface area contributed by atoms with Gasteiger partial charge in [-0.3, -0.25) is 4.99 Å². The molecule has 1 heterocycles. The Bertz CT molecular complexity index is 755. The van der Waals surface area contributed by atoms with E-state index >= 15 is 0 Å². The molecular formula is C19H34N4O3S2. The predicted octanol–water partition coefficient (Wildman–Crippen LogP) is 2.41. The van der Waals surface area contributed by atoms with E-state index in [9.17, 15) is 8.42 Å². The van der Waals surface area contributed by atoms with Crippen LogP contribution in [0.2, 0.25) is 0 Å². The second-order valence-corrected chi connectivity index (χ2v) is 10.6. The molecule has 0 unspecified atom stereocenters. The van der Waals surface area contributed by atoms with E-state index in [1.807, 2.05) is 20.8 Å². The van der Waals surface area contributed by atoms with Crippen molar-refractivity contribution in [1.82, 2.24) is 15.4 Å². The highest BCUT2D eigenvalue weighted by atomic mass is 32.2. The van der Waals surface area contributed by atoms with Crippen LogP contribution in [0.15, 0.2) is 16.0 Å². The number of rotatable bonds is 11. The van der Waals surface area contributed by atoms with Crippen molar-refractivity contribution in [3.63, 3.8) is 0 Å². The minimum atomic E-state index is -3.47. The summed E-state index contributed by atoms with van der Waals surface area (Å²) in [5, 5.41) is 6.46. The van der Waals surface area contributed by atoms with Crippen molar-refractivity contribution in [3.05, 3.63) is 15.8 Å². The molecule has 0 aliphatic heterocycles. The molecule has 1 aliphatic rings. The van der Waals surface area contributed by atoms with Gasteiger partial charge in [0.15, 0.2) is 5.96 Å². The van der Waals surface area contributed by atoms with Gasteiger partial charge < -0.3 is 15.4 Å². The summed E-state index contributed by atoms with van der Waals surface area (Å²) in [5.41, 5.74) is 0.258. The van der Waals surface area contributed by atoms with Gasteiger partial charge in [-0.1, -0.05) is 6.42 Å². The fourth-order valence-corrected chi connectivity index (χ4v) is 5.97. The highest BCUT2D eigenvalue weighted by Crippen LogP contribution is 2.44. The Morgan fingerprint density at radius 3 is 2.57 bits per heavy atom. The zero-order chi connectivity index (χ0) is 20.6. The average molecular weight is 431 g/mol. The molecule has 0 radical (unpaired) electrons. The molecule has 0 atom stereocenters. The van der Waals surface area contributed by atoms with Gasteiger partial charge in [-0.15, -0.1) is 11.3 Å². The maximum absolute atomic E-state index is 12.5. The molecule has 1 saturated carbocycles. The zero-order valence-electron chi connectivity index (χ0n) is 17.4. The van der Waals surface area contributed by atoms with Gasteiger partial charge in [-0.2, -0.15) is 0 Å². The van der Waals surface area contributed by atoms with Gasteiger partial charge in [0.05, 0.1) is 4.90 Å². The van der Waals surface area contributed by atoms with Crippen LogP contribution in [0.4, 0.5) is 0 Å². The maximum atomic E-state index is 12.5. The molecule has 160 valence electrons. The van der Waals surface area contributed by atoms with Gasteiger partial charge >= 0.3 is 0 Å². The highest BCUT2D eigenvalue weighted by molar-refractivity contribution is 7.89. The van der Waals surface area contributed by atoms with Crippen LogP contribution in [0.1, 0.15) is 42.4 Å². The van der Waals surface area contributed by atoms with Crippen LogP contribution in [0, 0.1) is 19.3 Å². The number of hydrogen-bond acceptors (Lipinski definition) is 5. The number of thiophene rings is 1. The van der Waals surface area contributed by atoms with E-state index in [-0.39, 0.29) is 5.41 Å². The molecule has 1 aromatic rings. The first-order valence-corrected chi connectivity index (χ1v) is 12.2. The standard InChI is InChI=1S/C19H34N4O3S2/c1-5-20-18(22-14-19(7-6-8-19)9-12-26-4)21-10-11-23-28(24,25)17-13-15(2)27-16(17)3/h13,23H,5-12,14H2,1-4H3,(H2,20,21,22). The van der Waals surface area contributed by atoms with Gasteiger partial charge in [0.1, 0.15) is 0 Å². The number of guanidine groups is 1. The normalized spacial score (nSPS) is 16.6. The van der Waals surface area contributed by atoms with Crippen LogP contribution in [0.3, 0.4) is 0 Å². The Kier molecular flexibility index (Phi) is 8.73. The van der Waals surface area contributed by atoms with Crippen LogP contribution >= 0.6 is 11.3 Å². The number of ether oxygens (including phenoxy) is 1. The summed E-state index contributed by atoms with van der Waals surface area (Å²) in [6.45, 7) is 8.84. The first kappa shape index (κ1) is 23.1. The molecule has 3 N–H and O–H groups in total. The molecule has 0 amide bonds. The Labute approximate surface area is 173 Å². The smallest absolute Gasteiger partial charge is 0.241 e. The van der Waals surface area contributed by atoms with Gasteiger partial charge in [0.25, 0.3) is 0 Å². The molecule has 28 heavy (non-hydrogen) atoms. The third-order valence-electron chi connectivity index (χ3n) is 5.16. The van der Waals surface area contributed by atoms with E-state index < -0.39 is 10.0 Å². The van der Waals surface area contributed by atoms with E-state index in [4.69, 9.17) is 9.73 Å². The molecule has 0 saturated heterocycles. The van der Waals surface area contributed by atoms with E-state index in [0.29, 0.717) is 18.0 Å². The molecule has 1 aliphatic carbocycles. The van der Waals surface area contributed by atoms with Crippen molar-refractivity contribution in [3.8, 4) is 0 Å². The topological polar surface area (TPSA) is 91.8 Å². The maximum Gasteiger partial charge on any atom is 0.241 e. The fourth-order valence-electron chi connectivity index (χ4n) is 3.39. The number of nitrogens with zero attached hydrogens (tertiary/aromatic N) is 1. The van der Waals surface area contributed by atoms with E-state index in [0.717, 1.165) is 41.8 Å². The first-order chi connectivity index (χ1) is 13.3. The van der Waals surface area contributed by atoms with Crippen LogP contribution < -0.4 is 15.4 Å². The summed E-state index contributed by atoms with van der Waals surface area (Å²) in [7, 11) is -1.74. The minimum Gasteiger partial charge on any atom is -0.385 e. The molecule has 0 bridgehead atoms. The lowest BCUT2D eigenvalue weighted by molar-refractivity contribution is 0.0778. The largest absolute Gasteiger partial charge is 0.385 e. The summed E-state index contributed by atoms with van der Waals surface area (Å²) < 4.78 is 32.8. The van der Waals surface area contributed by atoms with Crippen molar-refractivity contribution in [1.29, 1.82) is 0 Å². The predicted molar refractivity (Wildman–Crippen MR) is 116 cm³/mol. The SMILES string of the molecule is CCNC(=NCC1(CCOC)CCC1)NCCNS(=O)(=O)c1cc(C)sc1C. The third-order valence-corrected chi connectivity index (χ3v) is 7.84. The summed E-state index contributed by atoms with van der Waals surface area (Å²) >= 11 is 1.50. The molecule has 1 fully saturated rings. The number of hydrogen-bond donors (Lipinski definition) is 3. The Morgan fingerprint density at radius 1 is 1.29 bits per heavy atom. The van der Waals surface area contributed by atoms with Gasteiger partial charge in [0, 0.05) is 49.6 Å². The van der Waals surface area contributed by atoms with Crippen molar-refractivity contribution >= 4 is 27.3 Å².